The van der Waals surface area contributed by atoms with E-state index in [9.17, 15) is 14.4 Å². The lowest BCUT2D eigenvalue weighted by atomic mass is 9.93. The lowest BCUT2D eigenvalue weighted by molar-refractivity contribution is -0.113. The van der Waals surface area contributed by atoms with Gasteiger partial charge in [-0.1, -0.05) is 12.8 Å². The van der Waals surface area contributed by atoms with Crippen LogP contribution >= 0.6 is 0 Å². The van der Waals surface area contributed by atoms with Gasteiger partial charge in [0.05, 0.1) is 0 Å². The number of hydrogen-bond donors (Lipinski definition) is 2. The highest BCUT2D eigenvalue weighted by atomic mass is 19.1. The predicted octanol–water partition coefficient (Wildman–Crippen LogP) is 3.22. The molecule has 120 valence electrons. The molecule has 0 aliphatic rings. The van der Waals surface area contributed by atoms with Crippen LogP contribution in [0.15, 0.2) is 40.8 Å². The smallest absolute Gasteiger partial charge is 0.340 e. The zero-order chi connectivity index (χ0) is 17.0. The second-order valence-corrected chi connectivity index (χ2v) is 4.68. The quantitative estimate of drug-likeness (QED) is 0.503. The van der Waals surface area contributed by atoms with Crippen LogP contribution in [0.25, 0.3) is 0 Å². The van der Waals surface area contributed by atoms with Crippen LogP contribution in [0.4, 0.5) is 9.18 Å². The van der Waals surface area contributed by atoms with Gasteiger partial charge in [0.25, 0.3) is 5.95 Å². The fourth-order valence-electron chi connectivity index (χ4n) is 2.07. The Kier molecular flexibility index (Phi) is 4.57. The molecule has 0 bridgehead atoms. The largest absolute Gasteiger partial charge is 0.427 e. The van der Waals surface area contributed by atoms with E-state index in [-0.39, 0.29) is 23.2 Å². The highest BCUT2D eigenvalue weighted by Crippen LogP contribution is 2.35. The van der Waals surface area contributed by atoms with Gasteiger partial charge in [0.2, 0.25) is 0 Å². The molecule has 0 aliphatic carbocycles. The topological polar surface area (TPSA) is 88.9 Å². The zero-order valence-corrected chi connectivity index (χ0v) is 12.3. The van der Waals surface area contributed by atoms with Crippen molar-refractivity contribution in [3.05, 3.63) is 48.0 Å². The lowest BCUT2D eigenvalue weighted by Crippen LogP contribution is -2.48. The molecule has 1 unspecified atom stereocenters. The molecule has 1 aromatic carbocycles. The molecule has 6 nitrogen and oxygen atoms in total. The highest BCUT2D eigenvalue weighted by molar-refractivity contribution is 5.72. The Morgan fingerprint density at radius 1 is 1.43 bits per heavy atom. The number of rotatable bonds is 5. The standard InChI is InChI=1S/C16H15FN2O4/c1-3-16(4-2,19(21)15(18)20)13-9-10-14(23-13)22-12-7-5-11(17)6-8-12/h1,5-10,21H,4H2,2H3,(H2,18,20). The number of carbonyl (C=O) groups excluding carboxylic acids is 1. The van der Waals surface area contributed by atoms with Gasteiger partial charge in [-0.15, -0.1) is 6.42 Å². The maximum Gasteiger partial charge on any atom is 0.340 e. The molecule has 0 saturated carbocycles. The molecule has 1 atom stereocenters. The first-order chi connectivity index (χ1) is 10.9. The van der Waals surface area contributed by atoms with Crippen molar-refractivity contribution in [1.82, 2.24) is 5.06 Å². The predicted molar refractivity (Wildman–Crippen MR) is 79.2 cm³/mol. The second kappa shape index (κ2) is 6.42. The lowest BCUT2D eigenvalue weighted by Gasteiger charge is -2.31. The molecule has 0 saturated heterocycles. The van der Waals surface area contributed by atoms with E-state index in [1.165, 1.54) is 36.4 Å². The maximum absolute atomic E-state index is 12.9. The molecule has 2 rings (SSSR count). The number of amides is 2. The van der Waals surface area contributed by atoms with E-state index in [2.05, 4.69) is 5.92 Å². The highest BCUT2D eigenvalue weighted by Gasteiger charge is 2.40. The Labute approximate surface area is 132 Å². The van der Waals surface area contributed by atoms with Gasteiger partial charge in [-0.3, -0.25) is 5.21 Å². The van der Waals surface area contributed by atoms with Crippen LogP contribution in [-0.4, -0.2) is 16.3 Å². The number of terminal acetylenes is 1. The Hall–Kier alpha value is -2.98. The third kappa shape index (κ3) is 3.12. The van der Waals surface area contributed by atoms with E-state index in [1.807, 2.05) is 0 Å². The number of benzene rings is 1. The summed E-state index contributed by atoms with van der Waals surface area (Å²) in [6.07, 6.45) is 5.62. The first-order valence-electron chi connectivity index (χ1n) is 6.73. The monoisotopic (exact) mass is 318 g/mol. The minimum atomic E-state index is -1.55. The van der Waals surface area contributed by atoms with E-state index in [4.69, 9.17) is 21.3 Å². The molecule has 3 N–H and O–H groups in total. The summed E-state index contributed by atoms with van der Waals surface area (Å²) in [5.74, 6) is 2.46. The van der Waals surface area contributed by atoms with Crippen molar-refractivity contribution in [3.63, 3.8) is 0 Å². The SMILES string of the molecule is C#CC(CC)(c1ccc(Oc2ccc(F)cc2)o1)N(O)C(N)=O. The molecule has 0 fully saturated rings. The molecule has 1 aromatic heterocycles. The number of ether oxygens (including phenoxy) is 1. The van der Waals surface area contributed by atoms with E-state index >= 15 is 0 Å². The number of nitrogens with two attached hydrogens (primary N) is 1. The summed E-state index contributed by atoms with van der Waals surface area (Å²) in [7, 11) is 0. The van der Waals surface area contributed by atoms with Crippen molar-refractivity contribution in [3.8, 4) is 24.0 Å². The third-order valence-electron chi connectivity index (χ3n) is 3.34. The van der Waals surface area contributed by atoms with Gasteiger partial charge in [0, 0.05) is 6.07 Å². The number of urea groups is 1. The molecular weight excluding hydrogens is 303 g/mol. The van der Waals surface area contributed by atoms with Crippen molar-refractivity contribution in [2.45, 2.75) is 18.9 Å². The molecule has 0 radical (unpaired) electrons. The van der Waals surface area contributed by atoms with Gasteiger partial charge in [-0.2, -0.15) is 5.06 Å². The Morgan fingerprint density at radius 2 is 2.09 bits per heavy atom. The van der Waals surface area contributed by atoms with E-state index in [1.54, 1.807) is 6.92 Å². The molecule has 1 heterocycles. The first kappa shape index (κ1) is 16.4. The number of primary amides is 1. The van der Waals surface area contributed by atoms with Crippen molar-refractivity contribution >= 4 is 6.03 Å². The summed E-state index contributed by atoms with van der Waals surface area (Å²) in [5, 5.41) is 10.1. The van der Waals surface area contributed by atoms with Crippen LogP contribution in [-0.2, 0) is 5.54 Å². The number of halogens is 1. The van der Waals surface area contributed by atoms with Gasteiger partial charge in [-0.05, 0) is 36.8 Å². The summed E-state index contributed by atoms with van der Waals surface area (Å²) in [6, 6.07) is 7.14. The number of carbonyl (C=O) groups is 1. The maximum atomic E-state index is 12.9. The molecule has 0 aliphatic heterocycles. The van der Waals surface area contributed by atoms with Crippen molar-refractivity contribution in [2.75, 3.05) is 0 Å². The molecule has 7 heteroatoms. The van der Waals surface area contributed by atoms with Crippen molar-refractivity contribution in [2.24, 2.45) is 5.73 Å². The van der Waals surface area contributed by atoms with E-state index in [0.29, 0.717) is 5.75 Å². The molecule has 2 amide bonds. The van der Waals surface area contributed by atoms with Gasteiger partial charge in [0.1, 0.15) is 17.3 Å². The Bertz CT molecular complexity index is 735. The fraction of sp³-hybridized carbons (Fsp3) is 0.188. The van der Waals surface area contributed by atoms with Crippen molar-refractivity contribution < 1.29 is 23.5 Å². The van der Waals surface area contributed by atoms with Gasteiger partial charge in [0.15, 0.2) is 5.54 Å². The van der Waals surface area contributed by atoms with Gasteiger partial charge < -0.3 is 14.9 Å². The third-order valence-corrected chi connectivity index (χ3v) is 3.34. The number of hydrogen-bond acceptors (Lipinski definition) is 4. The molecule has 0 spiro atoms. The van der Waals surface area contributed by atoms with E-state index < -0.39 is 17.4 Å². The number of furan rings is 1. The fourth-order valence-corrected chi connectivity index (χ4v) is 2.07. The number of nitrogens with zero attached hydrogens (tertiary/aromatic N) is 1. The normalized spacial score (nSPS) is 13.0. The van der Waals surface area contributed by atoms with Gasteiger partial charge >= 0.3 is 6.03 Å². The first-order valence-corrected chi connectivity index (χ1v) is 6.73. The molecule has 23 heavy (non-hydrogen) atoms. The Morgan fingerprint density at radius 3 is 2.61 bits per heavy atom. The Balaban J connectivity index is 2.30. The molecule has 2 aromatic rings. The second-order valence-electron chi connectivity index (χ2n) is 4.68. The van der Waals surface area contributed by atoms with Crippen LogP contribution in [0.1, 0.15) is 19.1 Å². The average Bonchev–Trinajstić information content (AvgIpc) is 3.00. The summed E-state index contributed by atoms with van der Waals surface area (Å²) >= 11 is 0. The van der Waals surface area contributed by atoms with Crippen LogP contribution in [0.5, 0.6) is 11.7 Å². The zero-order valence-electron chi connectivity index (χ0n) is 12.3. The minimum Gasteiger partial charge on any atom is -0.427 e. The summed E-state index contributed by atoms with van der Waals surface area (Å²) in [5.41, 5.74) is 3.54. The van der Waals surface area contributed by atoms with Crippen LogP contribution in [0.2, 0.25) is 0 Å². The van der Waals surface area contributed by atoms with Crippen LogP contribution in [0, 0.1) is 18.2 Å². The number of hydroxylamine groups is 2. The minimum absolute atomic E-state index is 0.0672. The summed E-state index contributed by atoms with van der Waals surface area (Å²) in [6.45, 7) is 1.66. The summed E-state index contributed by atoms with van der Waals surface area (Å²) < 4.78 is 23.8. The average molecular weight is 318 g/mol. The van der Waals surface area contributed by atoms with Crippen LogP contribution < -0.4 is 10.5 Å². The summed E-state index contributed by atoms with van der Waals surface area (Å²) in [4.78, 5) is 11.3. The van der Waals surface area contributed by atoms with Crippen molar-refractivity contribution in [1.29, 1.82) is 0 Å². The van der Waals surface area contributed by atoms with Crippen LogP contribution in [0.3, 0.4) is 0 Å². The van der Waals surface area contributed by atoms with E-state index in [0.717, 1.165) is 0 Å². The molecular formula is C16H15FN2O4. The van der Waals surface area contributed by atoms with Gasteiger partial charge in [-0.25, -0.2) is 9.18 Å².